The largest absolute Gasteiger partial charge is 0.471 e. The molecule has 0 saturated heterocycles. The Labute approximate surface area is 186 Å². The minimum atomic E-state index is -4.90. The van der Waals surface area contributed by atoms with Gasteiger partial charge in [0.05, 0.1) is 0 Å². The molecule has 0 aliphatic carbocycles. The van der Waals surface area contributed by atoms with Crippen molar-refractivity contribution < 1.29 is 26.7 Å². The van der Waals surface area contributed by atoms with Gasteiger partial charge in [0.1, 0.15) is 17.5 Å². The van der Waals surface area contributed by atoms with Crippen LogP contribution in [0.2, 0.25) is 0 Å². The average Bonchev–Trinajstić information content (AvgIpc) is 2.75. The third-order valence-corrected chi connectivity index (χ3v) is 4.33. The molecule has 0 fully saturated rings. The van der Waals surface area contributed by atoms with Crippen LogP contribution in [0.3, 0.4) is 0 Å². The number of carbonyl (C=O) groups excluding carboxylic acids is 1. The molecule has 1 aromatic heterocycles. The van der Waals surface area contributed by atoms with Crippen LogP contribution in [0.25, 0.3) is 0 Å². The van der Waals surface area contributed by atoms with Crippen molar-refractivity contribution >= 4 is 28.8 Å². The second-order valence-electron chi connectivity index (χ2n) is 6.94. The molecule has 3 aromatic rings. The van der Waals surface area contributed by atoms with Crippen LogP contribution in [0.5, 0.6) is 0 Å². The molecule has 0 unspecified atom stereocenters. The van der Waals surface area contributed by atoms with Gasteiger partial charge in [-0.05, 0) is 48.0 Å². The van der Waals surface area contributed by atoms with Crippen LogP contribution < -0.4 is 21.3 Å². The minimum Gasteiger partial charge on any atom is -0.383 e. The van der Waals surface area contributed by atoms with E-state index in [4.69, 9.17) is 0 Å². The standard InChI is InChI=1S/C22H20F5N5O/c23-15-9-14(10-16(24)11-15)13-31-19-5-6-29-20(12-19)32-18-3-1-17(2-4-18)28-7-8-30-21(33)22(25,26)27/h1-6,9-12,28H,7-8,13H2,(H,30,33)(H2,29,31,32). The van der Waals surface area contributed by atoms with E-state index in [1.807, 2.05) is 0 Å². The van der Waals surface area contributed by atoms with E-state index in [0.29, 0.717) is 28.4 Å². The number of pyridine rings is 1. The number of alkyl halides is 3. The number of hydrogen-bond donors (Lipinski definition) is 4. The highest BCUT2D eigenvalue weighted by molar-refractivity contribution is 5.81. The predicted octanol–water partition coefficient (Wildman–Crippen LogP) is 4.81. The number of rotatable bonds is 9. The number of anilines is 4. The SMILES string of the molecule is O=C(NCCNc1ccc(Nc2cc(NCc3cc(F)cc(F)c3)ccn2)cc1)C(F)(F)F. The summed E-state index contributed by atoms with van der Waals surface area (Å²) in [5, 5.41) is 10.9. The van der Waals surface area contributed by atoms with Gasteiger partial charge in [0.2, 0.25) is 0 Å². The zero-order chi connectivity index (χ0) is 23.8. The van der Waals surface area contributed by atoms with Gasteiger partial charge in [-0.25, -0.2) is 13.8 Å². The maximum absolute atomic E-state index is 13.3. The number of amides is 1. The van der Waals surface area contributed by atoms with Crippen molar-refractivity contribution in [1.29, 1.82) is 0 Å². The van der Waals surface area contributed by atoms with Crippen molar-refractivity contribution in [3.05, 3.63) is 78.0 Å². The Morgan fingerprint density at radius 3 is 2.15 bits per heavy atom. The Morgan fingerprint density at radius 2 is 1.48 bits per heavy atom. The maximum Gasteiger partial charge on any atom is 0.471 e. The average molecular weight is 465 g/mol. The van der Waals surface area contributed by atoms with Gasteiger partial charge in [0, 0.05) is 55.0 Å². The molecule has 0 aliphatic rings. The molecule has 11 heteroatoms. The summed E-state index contributed by atoms with van der Waals surface area (Å²) in [6, 6.07) is 13.7. The van der Waals surface area contributed by atoms with Crippen LogP contribution in [-0.4, -0.2) is 30.2 Å². The zero-order valence-corrected chi connectivity index (χ0v) is 17.1. The molecule has 33 heavy (non-hydrogen) atoms. The van der Waals surface area contributed by atoms with Crippen molar-refractivity contribution in [3.8, 4) is 0 Å². The minimum absolute atomic E-state index is 0.124. The number of halogens is 5. The third-order valence-electron chi connectivity index (χ3n) is 4.33. The number of hydrogen-bond acceptors (Lipinski definition) is 5. The van der Waals surface area contributed by atoms with Gasteiger partial charge < -0.3 is 21.3 Å². The van der Waals surface area contributed by atoms with E-state index in [0.717, 1.165) is 6.07 Å². The zero-order valence-electron chi connectivity index (χ0n) is 17.1. The van der Waals surface area contributed by atoms with Gasteiger partial charge in [0.15, 0.2) is 0 Å². The third kappa shape index (κ3) is 7.63. The van der Waals surface area contributed by atoms with Crippen molar-refractivity contribution in [2.45, 2.75) is 12.7 Å². The summed E-state index contributed by atoms with van der Waals surface area (Å²) >= 11 is 0. The van der Waals surface area contributed by atoms with E-state index in [1.54, 1.807) is 47.9 Å². The van der Waals surface area contributed by atoms with Gasteiger partial charge >= 0.3 is 12.1 Å². The fourth-order valence-corrected chi connectivity index (χ4v) is 2.83. The first kappa shape index (κ1) is 23.8. The van der Waals surface area contributed by atoms with Crippen LogP contribution in [-0.2, 0) is 11.3 Å². The van der Waals surface area contributed by atoms with Crippen molar-refractivity contribution in [3.63, 3.8) is 0 Å². The Hall–Kier alpha value is -3.89. The van der Waals surface area contributed by atoms with Crippen molar-refractivity contribution in [1.82, 2.24) is 10.3 Å². The summed E-state index contributed by atoms with van der Waals surface area (Å²) in [6.07, 6.45) is -3.33. The number of nitrogens with one attached hydrogen (secondary N) is 4. The summed E-state index contributed by atoms with van der Waals surface area (Å²) in [5.41, 5.74) is 2.52. The summed E-state index contributed by atoms with van der Waals surface area (Å²) in [6.45, 7) is 0.172. The van der Waals surface area contributed by atoms with Crippen LogP contribution in [0.4, 0.5) is 44.8 Å². The number of nitrogens with zero attached hydrogens (tertiary/aromatic N) is 1. The van der Waals surface area contributed by atoms with E-state index in [9.17, 15) is 26.7 Å². The van der Waals surface area contributed by atoms with Crippen LogP contribution in [0.1, 0.15) is 5.56 Å². The molecule has 174 valence electrons. The summed E-state index contributed by atoms with van der Waals surface area (Å²) < 4.78 is 63.0. The molecular formula is C22H20F5N5O. The second-order valence-corrected chi connectivity index (χ2v) is 6.94. The monoisotopic (exact) mass is 465 g/mol. The maximum atomic E-state index is 13.3. The smallest absolute Gasteiger partial charge is 0.383 e. The highest BCUT2D eigenvalue weighted by Crippen LogP contribution is 2.20. The van der Waals surface area contributed by atoms with E-state index < -0.39 is 23.7 Å². The van der Waals surface area contributed by atoms with Gasteiger partial charge in [-0.2, -0.15) is 13.2 Å². The van der Waals surface area contributed by atoms with E-state index in [-0.39, 0.29) is 19.6 Å². The van der Waals surface area contributed by atoms with E-state index in [1.165, 1.54) is 12.1 Å². The second kappa shape index (κ2) is 10.6. The quantitative estimate of drug-likeness (QED) is 0.270. The van der Waals surface area contributed by atoms with E-state index >= 15 is 0 Å². The number of aromatic nitrogens is 1. The fraction of sp³-hybridized carbons (Fsp3) is 0.182. The lowest BCUT2D eigenvalue weighted by molar-refractivity contribution is -0.173. The van der Waals surface area contributed by atoms with Crippen LogP contribution >= 0.6 is 0 Å². The molecule has 4 N–H and O–H groups in total. The van der Waals surface area contributed by atoms with E-state index in [2.05, 4.69) is 20.9 Å². The lowest BCUT2D eigenvalue weighted by Gasteiger charge is -2.11. The molecule has 2 aromatic carbocycles. The predicted molar refractivity (Wildman–Crippen MR) is 115 cm³/mol. The Morgan fingerprint density at radius 1 is 0.818 bits per heavy atom. The first-order valence-corrected chi connectivity index (χ1v) is 9.80. The van der Waals surface area contributed by atoms with Crippen LogP contribution in [0.15, 0.2) is 60.8 Å². The molecule has 0 bridgehead atoms. The number of benzene rings is 2. The summed E-state index contributed by atoms with van der Waals surface area (Å²) in [4.78, 5) is 15.0. The molecule has 0 aliphatic heterocycles. The lowest BCUT2D eigenvalue weighted by atomic mass is 10.2. The topological polar surface area (TPSA) is 78.1 Å². The molecule has 0 atom stereocenters. The first-order chi connectivity index (χ1) is 15.7. The summed E-state index contributed by atoms with van der Waals surface area (Å²) in [7, 11) is 0. The molecular weight excluding hydrogens is 445 g/mol. The van der Waals surface area contributed by atoms with Gasteiger partial charge in [0.25, 0.3) is 0 Å². The van der Waals surface area contributed by atoms with Crippen LogP contribution in [0, 0.1) is 11.6 Å². The van der Waals surface area contributed by atoms with Crippen molar-refractivity contribution in [2.75, 3.05) is 29.0 Å². The van der Waals surface area contributed by atoms with Crippen molar-refractivity contribution in [2.24, 2.45) is 0 Å². The highest BCUT2D eigenvalue weighted by Gasteiger charge is 2.38. The van der Waals surface area contributed by atoms with Gasteiger partial charge in [-0.1, -0.05) is 0 Å². The normalized spacial score (nSPS) is 11.1. The molecule has 0 saturated carbocycles. The highest BCUT2D eigenvalue weighted by atomic mass is 19.4. The fourth-order valence-electron chi connectivity index (χ4n) is 2.83. The Balaban J connectivity index is 1.49. The molecule has 3 rings (SSSR count). The Kier molecular flexibility index (Phi) is 7.65. The molecule has 0 radical (unpaired) electrons. The van der Waals surface area contributed by atoms with Gasteiger partial charge in [-0.15, -0.1) is 0 Å². The molecule has 0 spiro atoms. The molecule has 1 amide bonds. The Bertz CT molecular complexity index is 1070. The molecule has 1 heterocycles. The summed E-state index contributed by atoms with van der Waals surface area (Å²) in [5.74, 6) is -2.74. The van der Waals surface area contributed by atoms with Gasteiger partial charge in [-0.3, -0.25) is 4.79 Å². The molecule has 6 nitrogen and oxygen atoms in total. The number of carbonyl (C=O) groups is 1. The lowest BCUT2D eigenvalue weighted by Crippen LogP contribution is -2.39. The first-order valence-electron chi connectivity index (χ1n) is 9.80.